The first-order chi connectivity index (χ1) is 8.74. The van der Waals surface area contributed by atoms with Gasteiger partial charge >= 0.3 is 0 Å². The van der Waals surface area contributed by atoms with E-state index in [9.17, 15) is 4.39 Å². The lowest BCUT2D eigenvalue weighted by Crippen LogP contribution is -2.29. The predicted octanol–water partition coefficient (Wildman–Crippen LogP) is 2.14. The molecule has 0 saturated carbocycles. The molecule has 102 valence electrons. The molecule has 0 aromatic heterocycles. The lowest BCUT2D eigenvalue weighted by molar-refractivity contribution is 0.301. The van der Waals surface area contributed by atoms with E-state index in [-0.39, 0.29) is 12.4 Å². The van der Waals surface area contributed by atoms with Crippen molar-refractivity contribution in [1.82, 2.24) is 5.32 Å². The standard InChI is InChI=1S/C14H23FN2O/c1-3-4-8-17(9-10-18)14-7-5-6-13(15)12(14)11-16-2/h5-7,16,18H,3-4,8-11H2,1-2H3. The number of halogens is 1. The van der Waals surface area contributed by atoms with Crippen molar-refractivity contribution in [2.45, 2.75) is 26.3 Å². The van der Waals surface area contributed by atoms with Crippen molar-refractivity contribution >= 4 is 5.69 Å². The Kier molecular flexibility index (Phi) is 6.68. The van der Waals surface area contributed by atoms with Gasteiger partial charge in [0.05, 0.1) is 6.61 Å². The summed E-state index contributed by atoms with van der Waals surface area (Å²) in [7, 11) is 1.80. The second-order valence-electron chi connectivity index (χ2n) is 4.33. The van der Waals surface area contributed by atoms with Crippen molar-refractivity contribution in [3.63, 3.8) is 0 Å². The number of nitrogens with zero attached hydrogens (tertiary/aromatic N) is 1. The van der Waals surface area contributed by atoms with E-state index < -0.39 is 0 Å². The van der Waals surface area contributed by atoms with E-state index in [0.717, 1.165) is 25.1 Å². The summed E-state index contributed by atoms with van der Waals surface area (Å²) >= 11 is 0. The average Bonchev–Trinajstić information content (AvgIpc) is 2.37. The Bertz CT molecular complexity index is 358. The monoisotopic (exact) mass is 254 g/mol. The van der Waals surface area contributed by atoms with Gasteiger partial charge in [-0.1, -0.05) is 19.4 Å². The largest absolute Gasteiger partial charge is 0.395 e. The van der Waals surface area contributed by atoms with Gasteiger partial charge in [-0.25, -0.2) is 4.39 Å². The number of hydrogen-bond donors (Lipinski definition) is 2. The number of hydrogen-bond acceptors (Lipinski definition) is 3. The first-order valence-electron chi connectivity index (χ1n) is 6.52. The van der Waals surface area contributed by atoms with Crippen molar-refractivity contribution in [3.8, 4) is 0 Å². The smallest absolute Gasteiger partial charge is 0.129 e. The molecule has 0 amide bonds. The van der Waals surface area contributed by atoms with Gasteiger partial charge in [0.2, 0.25) is 0 Å². The third-order valence-corrected chi connectivity index (χ3v) is 2.94. The summed E-state index contributed by atoms with van der Waals surface area (Å²) < 4.78 is 13.8. The molecule has 2 N–H and O–H groups in total. The Labute approximate surface area is 109 Å². The molecule has 0 aliphatic heterocycles. The molecule has 0 unspecified atom stereocenters. The number of aliphatic hydroxyl groups excluding tert-OH is 1. The highest BCUT2D eigenvalue weighted by molar-refractivity contribution is 5.54. The minimum atomic E-state index is -0.193. The normalized spacial score (nSPS) is 10.7. The van der Waals surface area contributed by atoms with Crippen LogP contribution in [0.4, 0.5) is 10.1 Å². The minimum absolute atomic E-state index is 0.0826. The summed E-state index contributed by atoms with van der Waals surface area (Å²) in [5.74, 6) is -0.193. The molecule has 1 aromatic rings. The summed E-state index contributed by atoms with van der Waals surface area (Å²) in [6.07, 6.45) is 2.12. The van der Waals surface area contributed by atoms with Crippen LogP contribution in [0.1, 0.15) is 25.3 Å². The van der Waals surface area contributed by atoms with Crippen LogP contribution in [-0.2, 0) is 6.54 Å². The topological polar surface area (TPSA) is 35.5 Å². The van der Waals surface area contributed by atoms with E-state index in [1.165, 1.54) is 6.07 Å². The first kappa shape index (κ1) is 14.9. The number of aliphatic hydroxyl groups is 1. The molecule has 0 fully saturated rings. The molecule has 18 heavy (non-hydrogen) atoms. The van der Waals surface area contributed by atoms with Crippen molar-refractivity contribution in [2.75, 3.05) is 31.6 Å². The van der Waals surface area contributed by atoms with Crippen LogP contribution < -0.4 is 10.2 Å². The number of nitrogens with one attached hydrogen (secondary N) is 1. The average molecular weight is 254 g/mol. The molecule has 1 aromatic carbocycles. The quantitative estimate of drug-likeness (QED) is 0.746. The lowest BCUT2D eigenvalue weighted by atomic mass is 10.1. The molecule has 0 atom stereocenters. The van der Waals surface area contributed by atoms with Crippen molar-refractivity contribution in [2.24, 2.45) is 0 Å². The highest BCUT2D eigenvalue weighted by Crippen LogP contribution is 2.23. The number of rotatable bonds is 8. The Morgan fingerprint density at radius 2 is 2.11 bits per heavy atom. The molecule has 3 nitrogen and oxygen atoms in total. The van der Waals surface area contributed by atoms with E-state index in [4.69, 9.17) is 5.11 Å². The Hall–Kier alpha value is -1.13. The van der Waals surface area contributed by atoms with Crippen LogP contribution in [0.25, 0.3) is 0 Å². The van der Waals surface area contributed by atoms with Gasteiger partial charge in [0.1, 0.15) is 5.82 Å². The molecule has 0 radical (unpaired) electrons. The number of anilines is 1. The summed E-state index contributed by atoms with van der Waals surface area (Å²) in [5, 5.41) is 12.1. The first-order valence-corrected chi connectivity index (χ1v) is 6.52. The van der Waals surface area contributed by atoms with Gasteiger partial charge in [0, 0.05) is 30.9 Å². The second-order valence-corrected chi connectivity index (χ2v) is 4.33. The minimum Gasteiger partial charge on any atom is -0.395 e. The fraction of sp³-hybridized carbons (Fsp3) is 0.571. The van der Waals surface area contributed by atoms with Crippen LogP contribution in [0.15, 0.2) is 18.2 Å². The van der Waals surface area contributed by atoms with Gasteiger partial charge in [-0.3, -0.25) is 0 Å². The molecular formula is C14H23FN2O. The molecule has 0 heterocycles. The fourth-order valence-corrected chi connectivity index (χ4v) is 2.02. The molecule has 1 rings (SSSR count). The number of benzene rings is 1. The van der Waals surface area contributed by atoms with Crippen LogP contribution in [0.5, 0.6) is 0 Å². The van der Waals surface area contributed by atoms with E-state index in [1.54, 1.807) is 13.1 Å². The van der Waals surface area contributed by atoms with Gasteiger partial charge in [-0.05, 0) is 25.6 Å². The van der Waals surface area contributed by atoms with E-state index in [0.29, 0.717) is 18.7 Å². The van der Waals surface area contributed by atoms with Gasteiger partial charge in [0.25, 0.3) is 0 Å². The maximum atomic E-state index is 13.8. The Balaban J connectivity index is 2.97. The fourth-order valence-electron chi connectivity index (χ4n) is 2.02. The zero-order valence-electron chi connectivity index (χ0n) is 11.2. The SMILES string of the molecule is CCCCN(CCO)c1cccc(F)c1CNC. The predicted molar refractivity (Wildman–Crippen MR) is 73.4 cm³/mol. The third-order valence-electron chi connectivity index (χ3n) is 2.94. The second kappa shape index (κ2) is 8.06. The lowest BCUT2D eigenvalue weighted by Gasteiger charge is -2.26. The van der Waals surface area contributed by atoms with Gasteiger partial charge < -0.3 is 15.3 Å². The maximum absolute atomic E-state index is 13.8. The highest BCUT2D eigenvalue weighted by Gasteiger charge is 2.13. The van der Waals surface area contributed by atoms with E-state index >= 15 is 0 Å². The summed E-state index contributed by atoms with van der Waals surface area (Å²) in [6.45, 7) is 4.09. The molecule has 0 saturated heterocycles. The van der Waals surface area contributed by atoms with E-state index in [1.807, 2.05) is 6.07 Å². The highest BCUT2D eigenvalue weighted by atomic mass is 19.1. The third kappa shape index (κ3) is 3.96. The van der Waals surface area contributed by atoms with Crippen molar-refractivity contribution in [3.05, 3.63) is 29.6 Å². The summed E-state index contributed by atoms with van der Waals surface area (Å²) in [4.78, 5) is 2.05. The van der Waals surface area contributed by atoms with Crippen LogP contribution in [0.3, 0.4) is 0 Å². The van der Waals surface area contributed by atoms with Gasteiger partial charge in [-0.2, -0.15) is 0 Å². The van der Waals surface area contributed by atoms with Gasteiger partial charge in [-0.15, -0.1) is 0 Å². The molecule has 0 aliphatic carbocycles. The van der Waals surface area contributed by atoms with Crippen LogP contribution in [-0.4, -0.2) is 31.9 Å². The van der Waals surface area contributed by atoms with Crippen LogP contribution >= 0.6 is 0 Å². The summed E-state index contributed by atoms with van der Waals surface area (Å²) in [5.41, 5.74) is 1.55. The Morgan fingerprint density at radius 3 is 2.72 bits per heavy atom. The van der Waals surface area contributed by atoms with Crippen molar-refractivity contribution < 1.29 is 9.50 Å². The molecule has 4 heteroatoms. The Morgan fingerprint density at radius 1 is 1.33 bits per heavy atom. The number of unbranched alkanes of at least 4 members (excludes halogenated alkanes) is 1. The van der Waals surface area contributed by atoms with Crippen LogP contribution in [0.2, 0.25) is 0 Å². The molecular weight excluding hydrogens is 231 g/mol. The van der Waals surface area contributed by atoms with Gasteiger partial charge in [0.15, 0.2) is 0 Å². The van der Waals surface area contributed by atoms with E-state index in [2.05, 4.69) is 17.1 Å². The molecule has 0 aliphatic rings. The van der Waals surface area contributed by atoms with Crippen molar-refractivity contribution in [1.29, 1.82) is 0 Å². The molecule has 0 spiro atoms. The van der Waals surface area contributed by atoms with Crippen LogP contribution in [0, 0.1) is 5.82 Å². The zero-order valence-corrected chi connectivity index (χ0v) is 11.2. The zero-order chi connectivity index (χ0) is 13.4. The summed E-state index contributed by atoms with van der Waals surface area (Å²) in [6, 6.07) is 5.12. The molecule has 0 bridgehead atoms. The maximum Gasteiger partial charge on any atom is 0.129 e.